The van der Waals surface area contributed by atoms with E-state index in [4.69, 9.17) is 0 Å². The highest BCUT2D eigenvalue weighted by molar-refractivity contribution is 6.08. The van der Waals surface area contributed by atoms with Gasteiger partial charge in [0, 0.05) is 0 Å². The van der Waals surface area contributed by atoms with E-state index in [-0.39, 0.29) is 24.8 Å². The first-order chi connectivity index (χ1) is 1.91. The van der Waals surface area contributed by atoms with Gasteiger partial charge in [0.25, 0.3) is 0 Å². The summed E-state index contributed by atoms with van der Waals surface area (Å²) in [6.07, 6.45) is 2.64. The van der Waals surface area contributed by atoms with Crippen LogP contribution in [0.4, 0.5) is 0 Å². The van der Waals surface area contributed by atoms with Crippen molar-refractivity contribution in [1.82, 2.24) is 0 Å². The maximum atomic E-state index is 2.18. The zero-order valence-corrected chi connectivity index (χ0v) is 5.86. The van der Waals surface area contributed by atoms with Crippen LogP contribution in [0.5, 0.6) is 0 Å². The molecule has 0 nitrogen and oxygen atoms in total. The van der Waals surface area contributed by atoms with E-state index in [0.717, 1.165) is 0 Å². The van der Waals surface area contributed by atoms with Gasteiger partial charge in [-0.15, -0.1) is 24.8 Å². The molecule has 0 radical (unpaired) electrons. The van der Waals surface area contributed by atoms with E-state index in [0.29, 0.717) is 0 Å². The van der Waals surface area contributed by atoms with Crippen molar-refractivity contribution in [2.75, 3.05) is 0 Å². The molecule has 0 N–H and O–H groups in total. The minimum Gasteiger partial charge on any atom is -0.147 e. The molecule has 0 rings (SSSR count). The summed E-state index contributed by atoms with van der Waals surface area (Å²) in [7, 11) is 2.18. The molecule has 0 bridgehead atoms. The molecule has 0 aliphatic rings. The summed E-state index contributed by atoms with van der Waals surface area (Å²) in [4.78, 5) is 0. The molecule has 40 valence electrons. The predicted octanol–water partition coefficient (Wildman–Crippen LogP) is 1.29. The smallest absolute Gasteiger partial charge is 0.101 e. The van der Waals surface area contributed by atoms with Crippen LogP contribution in [0, 0.1) is 0 Å². The second-order valence-electron chi connectivity index (χ2n) is 1.000. The molecule has 6 heavy (non-hydrogen) atoms. The summed E-state index contributed by atoms with van der Waals surface area (Å²) in [6.45, 7) is 2.18. The fourth-order valence-corrected chi connectivity index (χ4v) is 0. The molecule has 0 aromatic rings. The van der Waals surface area contributed by atoms with Gasteiger partial charge in [0.05, 0.1) is 0 Å². The Labute approximate surface area is 52.9 Å². The first kappa shape index (κ1) is 15.9. The fraction of sp³-hybridized carbons (Fsp3) is 1.00. The largest absolute Gasteiger partial charge is 0.147 e. The fourth-order valence-electron chi connectivity index (χ4n) is 0. The van der Waals surface area contributed by atoms with Crippen LogP contribution in [-0.2, 0) is 0 Å². The number of rotatable bonds is 1. The van der Waals surface area contributed by atoms with Crippen molar-refractivity contribution >= 4 is 32.7 Å². The van der Waals surface area contributed by atoms with Crippen molar-refractivity contribution in [3.8, 4) is 0 Å². The zero-order chi connectivity index (χ0) is 3.41. The molecule has 0 amide bonds. The minimum atomic E-state index is 0. The molecule has 0 unspecified atom stereocenters. The minimum absolute atomic E-state index is 0. The van der Waals surface area contributed by atoms with Crippen molar-refractivity contribution < 1.29 is 0 Å². The second kappa shape index (κ2) is 17.4. The van der Waals surface area contributed by atoms with Gasteiger partial charge in [0.15, 0.2) is 0 Å². The molecule has 0 aromatic carbocycles. The zero-order valence-electron chi connectivity index (χ0n) is 4.23. The van der Waals surface area contributed by atoms with Crippen LogP contribution in [0.1, 0.15) is 13.3 Å². The third kappa shape index (κ3) is 22.8. The molecule has 0 heterocycles. The summed E-state index contributed by atoms with van der Waals surface area (Å²) in [5, 5.41) is 0. The van der Waals surface area contributed by atoms with E-state index in [2.05, 4.69) is 14.8 Å². The van der Waals surface area contributed by atoms with Gasteiger partial charge in [0.2, 0.25) is 0 Å². The van der Waals surface area contributed by atoms with Crippen LogP contribution in [0.25, 0.3) is 0 Å². The van der Waals surface area contributed by atoms with Crippen molar-refractivity contribution in [3.63, 3.8) is 0 Å². The SMILES string of the molecule is BCCC.Cl.Cl. The van der Waals surface area contributed by atoms with Crippen molar-refractivity contribution in [2.45, 2.75) is 19.7 Å². The van der Waals surface area contributed by atoms with E-state index in [1.54, 1.807) is 0 Å². The summed E-state index contributed by atoms with van der Waals surface area (Å²) in [6, 6.07) is 0. The van der Waals surface area contributed by atoms with Crippen LogP contribution < -0.4 is 0 Å². The lowest BCUT2D eigenvalue weighted by Gasteiger charge is -1.67. The molecule has 0 fully saturated rings. The van der Waals surface area contributed by atoms with Crippen LogP contribution in [-0.4, -0.2) is 7.85 Å². The Morgan fingerprint density at radius 1 is 1.33 bits per heavy atom. The lowest BCUT2D eigenvalue weighted by Crippen LogP contribution is -1.55. The molecular formula is C3H11BCl2. The Hall–Kier alpha value is 0.645. The predicted molar refractivity (Wildman–Crippen MR) is 38.1 cm³/mol. The quantitative estimate of drug-likeness (QED) is 0.468. The number of hydrogen-bond acceptors (Lipinski definition) is 0. The monoisotopic (exact) mass is 128 g/mol. The summed E-state index contributed by atoms with van der Waals surface area (Å²) in [5.74, 6) is 0. The molecule has 0 saturated carbocycles. The highest BCUT2D eigenvalue weighted by atomic mass is 35.5. The van der Waals surface area contributed by atoms with Gasteiger partial charge in [-0.2, -0.15) is 0 Å². The third-order valence-electron chi connectivity index (χ3n) is 0.500. The topological polar surface area (TPSA) is 0 Å². The molecule has 0 aliphatic carbocycles. The van der Waals surface area contributed by atoms with Crippen LogP contribution in [0.15, 0.2) is 0 Å². The standard InChI is InChI=1S/C3H9B.2ClH/c1-2-3-4;;/h2-4H2,1H3;2*1H. The highest BCUT2D eigenvalue weighted by Crippen LogP contribution is 1.73. The normalized spacial score (nSPS) is 4.83. The summed E-state index contributed by atoms with van der Waals surface area (Å²) < 4.78 is 0. The maximum absolute atomic E-state index is 2.18. The maximum Gasteiger partial charge on any atom is 0.101 e. The van der Waals surface area contributed by atoms with Gasteiger partial charge in [-0.25, -0.2) is 0 Å². The molecule has 3 heteroatoms. The molecule has 0 atom stereocenters. The Bertz CT molecular complexity index is 10.8. The van der Waals surface area contributed by atoms with Crippen LogP contribution >= 0.6 is 24.8 Å². The van der Waals surface area contributed by atoms with Crippen LogP contribution in [0.2, 0.25) is 6.32 Å². The molecule has 0 aromatic heterocycles. The second-order valence-corrected chi connectivity index (χ2v) is 1.000. The van der Waals surface area contributed by atoms with E-state index < -0.39 is 0 Å². The van der Waals surface area contributed by atoms with E-state index in [9.17, 15) is 0 Å². The van der Waals surface area contributed by atoms with Crippen molar-refractivity contribution in [1.29, 1.82) is 0 Å². The highest BCUT2D eigenvalue weighted by Gasteiger charge is 1.57. The summed E-state index contributed by atoms with van der Waals surface area (Å²) in [5.41, 5.74) is 0. The molecule has 0 aliphatic heterocycles. The van der Waals surface area contributed by atoms with Gasteiger partial charge < -0.3 is 0 Å². The number of hydrogen-bond donors (Lipinski definition) is 0. The lowest BCUT2D eigenvalue weighted by atomic mass is 10.0. The molecule has 0 saturated heterocycles. The van der Waals surface area contributed by atoms with Gasteiger partial charge in [-0.1, -0.05) is 19.7 Å². The first-order valence-electron chi connectivity index (χ1n) is 1.91. The number of halogens is 2. The summed E-state index contributed by atoms with van der Waals surface area (Å²) >= 11 is 0. The molecule has 0 spiro atoms. The Kier molecular flexibility index (Phi) is 46.2. The average molecular weight is 129 g/mol. The third-order valence-corrected chi connectivity index (χ3v) is 0.500. The van der Waals surface area contributed by atoms with Crippen LogP contribution in [0.3, 0.4) is 0 Å². The Balaban J connectivity index is -0.0000000450. The van der Waals surface area contributed by atoms with E-state index >= 15 is 0 Å². The van der Waals surface area contributed by atoms with Crippen molar-refractivity contribution in [2.24, 2.45) is 0 Å². The van der Waals surface area contributed by atoms with Crippen molar-refractivity contribution in [3.05, 3.63) is 0 Å². The van der Waals surface area contributed by atoms with Gasteiger partial charge in [0.1, 0.15) is 7.85 Å². The Morgan fingerprint density at radius 2 is 1.50 bits per heavy atom. The molecular weight excluding hydrogens is 118 g/mol. The van der Waals surface area contributed by atoms with Gasteiger partial charge in [-0.3, -0.25) is 0 Å². The van der Waals surface area contributed by atoms with Gasteiger partial charge >= 0.3 is 0 Å². The van der Waals surface area contributed by atoms with E-state index in [1.165, 1.54) is 12.7 Å². The average Bonchev–Trinajstić information content (AvgIpc) is 1.37. The first-order valence-corrected chi connectivity index (χ1v) is 1.91. The van der Waals surface area contributed by atoms with E-state index in [1.807, 2.05) is 0 Å². The van der Waals surface area contributed by atoms with Gasteiger partial charge in [-0.05, 0) is 0 Å². The Morgan fingerprint density at radius 3 is 1.50 bits per heavy atom. The lowest BCUT2D eigenvalue weighted by molar-refractivity contribution is 1.08.